The van der Waals surface area contributed by atoms with Gasteiger partial charge in [0.25, 0.3) is 5.91 Å². The number of methoxy groups -OCH3 is 1. The Morgan fingerprint density at radius 1 is 1.26 bits per heavy atom. The summed E-state index contributed by atoms with van der Waals surface area (Å²) in [5.74, 6) is -0.173. The van der Waals surface area contributed by atoms with Crippen LogP contribution >= 0.6 is 0 Å². The van der Waals surface area contributed by atoms with Crippen LogP contribution in [0.15, 0.2) is 36.9 Å². The van der Waals surface area contributed by atoms with E-state index < -0.39 is 12.1 Å². The molecule has 0 unspecified atom stereocenters. The molecule has 0 saturated carbocycles. The molecule has 120 valence electrons. The molecular weight excluding hydrogens is 300 g/mol. The Kier molecular flexibility index (Phi) is 4.22. The Morgan fingerprint density at radius 3 is 2.74 bits per heavy atom. The molecule has 0 spiro atoms. The number of hydrogen-bond donors (Lipinski definition) is 0. The van der Waals surface area contributed by atoms with Crippen molar-refractivity contribution in [1.29, 1.82) is 0 Å². The normalized spacial score (nSPS) is 16.7. The lowest BCUT2D eigenvalue weighted by Crippen LogP contribution is -2.48. The van der Waals surface area contributed by atoms with Crippen LogP contribution in [0.25, 0.3) is 0 Å². The van der Waals surface area contributed by atoms with Gasteiger partial charge in [-0.3, -0.25) is 9.59 Å². The van der Waals surface area contributed by atoms with Crippen LogP contribution in [0, 0.1) is 0 Å². The maximum absolute atomic E-state index is 12.7. The number of amides is 1. The van der Waals surface area contributed by atoms with Crippen LogP contribution in [0.3, 0.4) is 0 Å². The number of carbonyl (C=O) groups is 2. The summed E-state index contributed by atoms with van der Waals surface area (Å²) in [6, 6.07) is 7.25. The summed E-state index contributed by atoms with van der Waals surface area (Å²) in [6.07, 6.45) is 2.18. The third kappa shape index (κ3) is 3.15. The Hall–Kier alpha value is -2.90. The lowest BCUT2D eigenvalue weighted by Gasteiger charge is -2.34. The van der Waals surface area contributed by atoms with E-state index in [-0.39, 0.29) is 12.3 Å². The highest BCUT2D eigenvalue weighted by atomic mass is 16.5. The average Bonchev–Trinajstić information content (AvgIpc) is 3.08. The minimum Gasteiger partial charge on any atom is -0.478 e. The van der Waals surface area contributed by atoms with Crippen molar-refractivity contribution in [3.8, 4) is 5.75 Å². The minimum absolute atomic E-state index is 0.118. The summed E-state index contributed by atoms with van der Waals surface area (Å²) in [6.45, 7) is 0.965. The third-order valence-electron chi connectivity index (χ3n) is 3.59. The lowest BCUT2D eigenvalue weighted by atomic mass is 10.1. The molecule has 0 N–H and O–H groups in total. The first kappa shape index (κ1) is 15.0. The summed E-state index contributed by atoms with van der Waals surface area (Å²) in [7, 11) is 1.29. The molecule has 2 heterocycles. The van der Waals surface area contributed by atoms with Gasteiger partial charge in [0.2, 0.25) is 0 Å². The van der Waals surface area contributed by atoms with Gasteiger partial charge in [0, 0.05) is 13.1 Å². The molecule has 2 aromatic rings. The van der Waals surface area contributed by atoms with Crippen molar-refractivity contribution in [1.82, 2.24) is 14.8 Å². The molecule has 1 aromatic heterocycles. The fourth-order valence-corrected chi connectivity index (χ4v) is 2.42. The summed E-state index contributed by atoms with van der Waals surface area (Å²) >= 11 is 0. The van der Waals surface area contributed by atoms with Gasteiger partial charge in [-0.2, -0.15) is 0 Å². The number of rotatable bonds is 5. The van der Waals surface area contributed by atoms with Crippen molar-refractivity contribution in [2.24, 2.45) is 0 Å². The molecule has 3 rings (SSSR count). The second kappa shape index (κ2) is 6.47. The van der Waals surface area contributed by atoms with E-state index in [4.69, 9.17) is 4.74 Å². The van der Waals surface area contributed by atoms with Gasteiger partial charge in [0.15, 0.2) is 6.10 Å². The van der Waals surface area contributed by atoms with E-state index in [1.54, 1.807) is 28.2 Å². The van der Waals surface area contributed by atoms with Gasteiger partial charge in [0.05, 0.1) is 19.2 Å². The summed E-state index contributed by atoms with van der Waals surface area (Å²) in [5.41, 5.74) is 0.687. The number of benzene rings is 1. The SMILES string of the molecule is COC(=O)C[C@H]1Oc2ccccc2N(CCn2cnnc2)C1=O. The van der Waals surface area contributed by atoms with E-state index >= 15 is 0 Å². The van der Waals surface area contributed by atoms with E-state index in [9.17, 15) is 9.59 Å². The fraction of sp³-hybridized carbons (Fsp3) is 0.333. The second-order valence-corrected chi connectivity index (χ2v) is 5.04. The van der Waals surface area contributed by atoms with Crippen LogP contribution in [0.2, 0.25) is 0 Å². The van der Waals surface area contributed by atoms with Crippen LogP contribution < -0.4 is 9.64 Å². The number of para-hydroxylation sites is 2. The monoisotopic (exact) mass is 316 g/mol. The molecule has 1 amide bonds. The number of carbonyl (C=O) groups excluding carboxylic acids is 2. The standard InChI is InChI=1S/C15H16N4O4/c1-22-14(20)8-13-15(21)19(7-6-18-9-16-17-10-18)11-4-2-3-5-12(11)23-13/h2-5,9-10,13H,6-8H2,1H3/t13-/m1/s1. The van der Waals surface area contributed by atoms with E-state index in [1.807, 2.05) is 18.2 Å². The Balaban J connectivity index is 1.82. The molecule has 8 nitrogen and oxygen atoms in total. The molecule has 1 aliphatic rings. The predicted octanol–water partition coefficient (Wildman–Crippen LogP) is 0.635. The Bertz CT molecular complexity index is 701. The molecular formula is C15H16N4O4. The molecule has 0 saturated heterocycles. The number of hydrogen-bond acceptors (Lipinski definition) is 6. The molecule has 0 bridgehead atoms. The maximum Gasteiger partial charge on any atom is 0.309 e. The van der Waals surface area contributed by atoms with Crippen molar-refractivity contribution in [2.45, 2.75) is 19.1 Å². The predicted molar refractivity (Wildman–Crippen MR) is 79.9 cm³/mol. The van der Waals surface area contributed by atoms with Crippen LogP contribution in [0.5, 0.6) is 5.75 Å². The molecule has 1 atom stereocenters. The quantitative estimate of drug-likeness (QED) is 0.752. The topological polar surface area (TPSA) is 86.6 Å². The van der Waals surface area contributed by atoms with Crippen molar-refractivity contribution in [3.05, 3.63) is 36.9 Å². The molecule has 0 aliphatic carbocycles. The zero-order valence-electron chi connectivity index (χ0n) is 12.6. The number of aromatic nitrogens is 3. The van der Waals surface area contributed by atoms with Crippen LogP contribution in [-0.2, 0) is 20.9 Å². The average molecular weight is 316 g/mol. The van der Waals surface area contributed by atoms with Crippen molar-refractivity contribution < 1.29 is 19.1 Å². The highest BCUT2D eigenvalue weighted by Crippen LogP contribution is 2.34. The number of anilines is 1. The first-order valence-corrected chi connectivity index (χ1v) is 7.15. The second-order valence-electron chi connectivity index (χ2n) is 5.04. The Labute approximate surface area is 132 Å². The van der Waals surface area contributed by atoms with Crippen LogP contribution in [0.1, 0.15) is 6.42 Å². The summed E-state index contributed by atoms with van der Waals surface area (Å²) in [4.78, 5) is 25.8. The number of nitrogens with zero attached hydrogens (tertiary/aromatic N) is 4. The summed E-state index contributed by atoms with van der Waals surface area (Å²) in [5, 5.41) is 7.48. The zero-order valence-corrected chi connectivity index (χ0v) is 12.6. The lowest BCUT2D eigenvalue weighted by molar-refractivity contribution is -0.145. The molecule has 0 radical (unpaired) electrons. The van der Waals surface area contributed by atoms with E-state index in [0.29, 0.717) is 24.5 Å². The number of esters is 1. The number of fused-ring (bicyclic) bond motifs is 1. The van der Waals surface area contributed by atoms with E-state index in [1.165, 1.54) is 7.11 Å². The van der Waals surface area contributed by atoms with Gasteiger partial charge in [0.1, 0.15) is 18.4 Å². The highest BCUT2D eigenvalue weighted by molar-refractivity contribution is 6.01. The van der Waals surface area contributed by atoms with Crippen LogP contribution in [-0.4, -0.2) is 46.4 Å². The smallest absolute Gasteiger partial charge is 0.309 e. The van der Waals surface area contributed by atoms with Crippen molar-refractivity contribution in [3.63, 3.8) is 0 Å². The van der Waals surface area contributed by atoms with Crippen molar-refractivity contribution >= 4 is 17.6 Å². The van der Waals surface area contributed by atoms with Gasteiger partial charge < -0.3 is 18.9 Å². The van der Waals surface area contributed by atoms with E-state index in [2.05, 4.69) is 14.9 Å². The minimum atomic E-state index is -0.877. The summed E-state index contributed by atoms with van der Waals surface area (Å²) < 4.78 is 12.1. The van der Waals surface area contributed by atoms with Crippen molar-refractivity contribution in [2.75, 3.05) is 18.6 Å². The molecule has 23 heavy (non-hydrogen) atoms. The fourth-order valence-electron chi connectivity index (χ4n) is 2.42. The van der Waals surface area contributed by atoms with Gasteiger partial charge in [-0.1, -0.05) is 12.1 Å². The zero-order chi connectivity index (χ0) is 16.2. The largest absolute Gasteiger partial charge is 0.478 e. The first-order chi connectivity index (χ1) is 11.2. The molecule has 0 fully saturated rings. The van der Waals surface area contributed by atoms with Gasteiger partial charge in [-0.25, -0.2) is 0 Å². The highest BCUT2D eigenvalue weighted by Gasteiger charge is 2.35. The molecule has 1 aliphatic heterocycles. The van der Waals surface area contributed by atoms with E-state index in [0.717, 1.165) is 0 Å². The third-order valence-corrected chi connectivity index (χ3v) is 3.59. The van der Waals surface area contributed by atoms with Gasteiger partial charge >= 0.3 is 5.97 Å². The molecule has 8 heteroatoms. The Morgan fingerprint density at radius 2 is 2.00 bits per heavy atom. The van der Waals surface area contributed by atoms with Gasteiger partial charge in [-0.05, 0) is 12.1 Å². The molecule has 1 aromatic carbocycles. The number of ether oxygens (including phenoxy) is 2. The van der Waals surface area contributed by atoms with Gasteiger partial charge in [-0.15, -0.1) is 10.2 Å². The van der Waals surface area contributed by atoms with Crippen LogP contribution in [0.4, 0.5) is 5.69 Å². The maximum atomic E-state index is 12.7. The first-order valence-electron chi connectivity index (χ1n) is 7.15.